The van der Waals surface area contributed by atoms with Gasteiger partial charge in [0.15, 0.2) is 0 Å². The molecule has 0 aliphatic carbocycles. The standard InChI is InChI=1S/C6H15B.C3H10N2/c1-4-7(5-2)6-3;1-3(2,4)5/h4-6H2,1-3H3;4-5H2,1-2H3. The van der Waals surface area contributed by atoms with Gasteiger partial charge in [-0.3, -0.25) is 0 Å². The Balaban J connectivity index is 0. The van der Waals surface area contributed by atoms with E-state index >= 15 is 0 Å². The van der Waals surface area contributed by atoms with Gasteiger partial charge in [-0.15, -0.1) is 0 Å². The maximum Gasteiger partial charge on any atom is 0.139 e. The minimum absolute atomic E-state index is 0.500. The summed E-state index contributed by atoms with van der Waals surface area (Å²) >= 11 is 0. The third-order valence-corrected chi connectivity index (χ3v) is 1.73. The number of rotatable bonds is 3. The summed E-state index contributed by atoms with van der Waals surface area (Å²) in [7, 11) is 0. The molecule has 0 fully saturated rings. The smallest absolute Gasteiger partial charge is 0.139 e. The Kier molecular flexibility index (Phi) is 9.22. The molecule has 0 saturated heterocycles. The van der Waals surface area contributed by atoms with Crippen molar-refractivity contribution >= 4 is 6.71 Å². The summed E-state index contributed by atoms with van der Waals surface area (Å²) in [5.74, 6) is 0. The van der Waals surface area contributed by atoms with Crippen molar-refractivity contribution in [1.82, 2.24) is 0 Å². The quantitative estimate of drug-likeness (QED) is 0.506. The summed E-state index contributed by atoms with van der Waals surface area (Å²) in [6.45, 7) is 11.3. The molecule has 0 aromatic carbocycles. The van der Waals surface area contributed by atoms with E-state index in [-0.39, 0.29) is 0 Å². The maximum absolute atomic E-state index is 5.13. The first-order valence-corrected chi connectivity index (χ1v) is 4.92. The van der Waals surface area contributed by atoms with E-state index in [1.807, 2.05) is 0 Å². The second-order valence-electron chi connectivity index (χ2n) is 3.91. The molecule has 0 atom stereocenters. The summed E-state index contributed by atoms with van der Waals surface area (Å²) in [6.07, 6.45) is 4.06. The fourth-order valence-corrected chi connectivity index (χ4v) is 0.866. The van der Waals surface area contributed by atoms with Crippen LogP contribution in [0, 0.1) is 0 Å². The molecule has 2 nitrogen and oxygen atoms in total. The zero-order chi connectivity index (χ0) is 10.2. The third-order valence-electron chi connectivity index (χ3n) is 1.73. The largest absolute Gasteiger partial charge is 0.314 e. The van der Waals surface area contributed by atoms with E-state index in [4.69, 9.17) is 11.5 Å². The normalized spacial score (nSPS) is 10.2. The van der Waals surface area contributed by atoms with Gasteiger partial charge < -0.3 is 11.5 Å². The van der Waals surface area contributed by atoms with Crippen LogP contribution in [0.2, 0.25) is 19.0 Å². The van der Waals surface area contributed by atoms with Crippen molar-refractivity contribution < 1.29 is 0 Å². The van der Waals surface area contributed by atoms with Crippen LogP contribution in [0.5, 0.6) is 0 Å². The van der Waals surface area contributed by atoms with Crippen molar-refractivity contribution in [3.05, 3.63) is 0 Å². The van der Waals surface area contributed by atoms with Crippen molar-refractivity contribution in [2.45, 2.75) is 59.2 Å². The highest BCUT2D eigenvalue weighted by Crippen LogP contribution is 2.01. The zero-order valence-electron chi connectivity index (χ0n) is 9.35. The SMILES string of the molecule is CC(C)(N)N.CCB(CC)CC. The molecule has 4 N–H and O–H groups in total. The van der Waals surface area contributed by atoms with Crippen LogP contribution in [0.3, 0.4) is 0 Å². The van der Waals surface area contributed by atoms with Crippen molar-refractivity contribution in [2.24, 2.45) is 11.5 Å². The predicted molar refractivity (Wildman–Crippen MR) is 59.7 cm³/mol. The van der Waals surface area contributed by atoms with Crippen molar-refractivity contribution in [3.63, 3.8) is 0 Å². The molecular weight excluding hydrogens is 147 g/mol. The first-order valence-electron chi connectivity index (χ1n) is 4.92. The van der Waals surface area contributed by atoms with Gasteiger partial charge in [-0.1, -0.05) is 39.7 Å². The van der Waals surface area contributed by atoms with Crippen LogP contribution in [0.25, 0.3) is 0 Å². The summed E-state index contributed by atoms with van der Waals surface area (Å²) in [5.41, 5.74) is 9.76. The fraction of sp³-hybridized carbons (Fsp3) is 1.00. The lowest BCUT2D eigenvalue weighted by atomic mass is 9.44. The van der Waals surface area contributed by atoms with E-state index in [0.717, 1.165) is 6.71 Å². The van der Waals surface area contributed by atoms with E-state index < -0.39 is 5.66 Å². The summed E-state index contributed by atoms with van der Waals surface area (Å²) < 4.78 is 0. The highest BCUT2D eigenvalue weighted by Gasteiger charge is 2.01. The molecule has 3 heteroatoms. The summed E-state index contributed by atoms with van der Waals surface area (Å²) in [6, 6.07) is 0. The molecule has 0 rings (SSSR count). The molecule has 0 aromatic rings. The first kappa shape index (κ1) is 14.5. The lowest BCUT2D eigenvalue weighted by Gasteiger charge is -2.07. The Morgan fingerprint density at radius 1 is 0.917 bits per heavy atom. The molecule has 0 bridgehead atoms. The Morgan fingerprint density at radius 2 is 1.08 bits per heavy atom. The molecule has 0 aliphatic rings. The van der Waals surface area contributed by atoms with Crippen LogP contribution in [0.4, 0.5) is 0 Å². The molecule has 0 unspecified atom stereocenters. The second-order valence-corrected chi connectivity index (χ2v) is 3.91. The molecule has 0 amide bonds. The van der Waals surface area contributed by atoms with Crippen molar-refractivity contribution in [1.29, 1.82) is 0 Å². The van der Waals surface area contributed by atoms with E-state index in [1.54, 1.807) is 13.8 Å². The van der Waals surface area contributed by atoms with Crippen LogP contribution in [-0.2, 0) is 0 Å². The average Bonchev–Trinajstić information content (AvgIpc) is 1.88. The van der Waals surface area contributed by atoms with Crippen LogP contribution in [-0.4, -0.2) is 12.4 Å². The average molecular weight is 172 g/mol. The minimum Gasteiger partial charge on any atom is -0.314 e. The maximum atomic E-state index is 5.13. The lowest BCUT2D eigenvalue weighted by Crippen LogP contribution is -2.42. The van der Waals surface area contributed by atoms with Gasteiger partial charge in [0, 0.05) is 0 Å². The van der Waals surface area contributed by atoms with Crippen molar-refractivity contribution in [3.8, 4) is 0 Å². The molecule has 0 aliphatic heterocycles. The molecule has 0 saturated carbocycles. The highest BCUT2D eigenvalue weighted by molar-refractivity contribution is 6.58. The first-order chi connectivity index (χ1) is 5.35. The van der Waals surface area contributed by atoms with E-state index in [0.29, 0.717) is 0 Å². The monoisotopic (exact) mass is 172 g/mol. The van der Waals surface area contributed by atoms with Crippen LogP contribution < -0.4 is 11.5 Å². The zero-order valence-corrected chi connectivity index (χ0v) is 9.35. The highest BCUT2D eigenvalue weighted by atomic mass is 14.9. The molecule has 0 radical (unpaired) electrons. The third kappa shape index (κ3) is 22.5. The molecule has 0 aromatic heterocycles. The molecular formula is C9H25BN2. The van der Waals surface area contributed by atoms with Crippen LogP contribution in [0.15, 0.2) is 0 Å². The van der Waals surface area contributed by atoms with E-state index in [1.165, 1.54) is 19.0 Å². The van der Waals surface area contributed by atoms with Crippen LogP contribution in [0.1, 0.15) is 34.6 Å². The van der Waals surface area contributed by atoms with Gasteiger partial charge in [-0.2, -0.15) is 0 Å². The van der Waals surface area contributed by atoms with Crippen molar-refractivity contribution in [2.75, 3.05) is 0 Å². The Bertz CT molecular complexity index is 73.5. The lowest BCUT2D eigenvalue weighted by molar-refractivity contribution is 0.547. The number of hydrogen-bond donors (Lipinski definition) is 2. The minimum atomic E-state index is -0.500. The van der Waals surface area contributed by atoms with Gasteiger partial charge in [0.1, 0.15) is 6.71 Å². The van der Waals surface area contributed by atoms with Gasteiger partial charge in [0.25, 0.3) is 0 Å². The molecule has 0 spiro atoms. The van der Waals surface area contributed by atoms with E-state index in [9.17, 15) is 0 Å². The Labute approximate surface area is 78.2 Å². The van der Waals surface area contributed by atoms with Crippen LogP contribution >= 0.6 is 0 Å². The Morgan fingerprint density at radius 3 is 1.08 bits per heavy atom. The predicted octanol–water partition coefficient (Wildman–Crippen LogP) is 2.18. The molecule has 12 heavy (non-hydrogen) atoms. The summed E-state index contributed by atoms with van der Waals surface area (Å²) in [4.78, 5) is 0. The second kappa shape index (κ2) is 7.62. The van der Waals surface area contributed by atoms with Gasteiger partial charge >= 0.3 is 0 Å². The summed E-state index contributed by atoms with van der Waals surface area (Å²) in [5, 5.41) is 0. The van der Waals surface area contributed by atoms with Gasteiger partial charge in [0.2, 0.25) is 0 Å². The number of hydrogen-bond acceptors (Lipinski definition) is 2. The van der Waals surface area contributed by atoms with Gasteiger partial charge in [-0.25, -0.2) is 0 Å². The van der Waals surface area contributed by atoms with Gasteiger partial charge in [-0.05, 0) is 13.8 Å². The topological polar surface area (TPSA) is 52.0 Å². The van der Waals surface area contributed by atoms with E-state index in [2.05, 4.69) is 20.8 Å². The fourth-order valence-electron chi connectivity index (χ4n) is 0.866. The van der Waals surface area contributed by atoms with Gasteiger partial charge in [0.05, 0.1) is 5.66 Å². The molecule has 74 valence electrons. The Hall–Kier alpha value is -0.0151. The molecule has 0 heterocycles. The number of nitrogens with two attached hydrogens (primary N) is 2.